The summed E-state index contributed by atoms with van der Waals surface area (Å²) in [5, 5.41) is 5.73. The van der Waals surface area contributed by atoms with E-state index in [-0.39, 0.29) is 42.6 Å². The second-order valence-electron chi connectivity index (χ2n) is 8.75. The Kier molecular flexibility index (Phi) is 7.47. The van der Waals surface area contributed by atoms with Gasteiger partial charge in [-0.3, -0.25) is 14.4 Å². The highest BCUT2D eigenvalue weighted by Gasteiger charge is 2.39. The molecule has 1 saturated heterocycles. The molecular weight excluding hydrogens is 434 g/mol. The van der Waals surface area contributed by atoms with Crippen LogP contribution in [-0.4, -0.2) is 61.1 Å². The van der Waals surface area contributed by atoms with Gasteiger partial charge in [-0.25, -0.2) is 0 Å². The fraction of sp³-hybridized carbons (Fsp3) is 0.423. The molecule has 8 nitrogen and oxygen atoms in total. The average molecular weight is 466 g/mol. The number of hydrogen-bond acceptors (Lipinski definition) is 5. The summed E-state index contributed by atoms with van der Waals surface area (Å²) in [5.74, 6) is -0.0116. The molecule has 8 heteroatoms. The standard InChI is InChI=1S/C26H31N3O5/c1-3-13-27-24(30)15-19-10-11-21-23(34-19)16-33-22-12-9-18(14-20(22)26(32)29(21)2)28-25(31)17-7-5-4-6-8-17/h4-9,12,14,19,21,23H,3,10-11,13,15-16H2,1-2H3,(H,27,30)(H,28,31)/t19-,21-,23-/m1/s1. The van der Waals surface area contributed by atoms with Gasteiger partial charge in [-0.05, 0) is 49.6 Å². The maximum absolute atomic E-state index is 13.3. The smallest absolute Gasteiger partial charge is 0.257 e. The minimum Gasteiger partial charge on any atom is -0.490 e. The Balaban J connectivity index is 1.46. The van der Waals surface area contributed by atoms with Crippen molar-refractivity contribution in [1.29, 1.82) is 0 Å². The zero-order valence-electron chi connectivity index (χ0n) is 19.6. The highest BCUT2D eigenvalue weighted by molar-refractivity contribution is 6.05. The van der Waals surface area contributed by atoms with Crippen LogP contribution in [0.2, 0.25) is 0 Å². The molecule has 0 aliphatic carbocycles. The quantitative estimate of drug-likeness (QED) is 0.683. The first-order valence-corrected chi connectivity index (χ1v) is 11.8. The van der Waals surface area contributed by atoms with Crippen molar-refractivity contribution in [3.8, 4) is 5.75 Å². The molecule has 2 N–H and O–H groups in total. The number of nitrogens with one attached hydrogen (secondary N) is 2. The SMILES string of the molecule is CCCNC(=O)C[C@H]1CC[C@@H]2[C@@H](COc3ccc(NC(=O)c4ccccc4)cc3C(=O)N2C)O1. The first kappa shape index (κ1) is 23.8. The van der Waals surface area contributed by atoms with Gasteiger partial charge in [0.05, 0.1) is 24.1 Å². The van der Waals surface area contributed by atoms with Crippen LogP contribution in [0.15, 0.2) is 48.5 Å². The Labute approximate surface area is 199 Å². The first-order chi connectivity index (χ1) is 16.5. The lowest BCUT2D eigenvalue weighted by molar-refractivity contribution is -0.134. The van der Waals surface area contributed by atoms with Gasteiger partial charge < -0.3 is 25.0 Å². The molecule has 180 valence electrons. The maximum atomic E-state index is 13.3. The van der Waals surface area contributed by atoms with Crippen molar-refractivity contribution in [3.05, 3.63) is 59.7 Å². The Bertz CT molecular complexity index is 1040. The zero-order chi connectivity index (χ0) is 24.1. The lowest BCUT2D eigenvalue weighted by atomic mass is 9.94. The van der Waals surface area contributed by atoms with E-state index in [9.17, 15) is 14.4 Å². The van der Waals surface area contributed by atoms with Crippen molar-refractivity contribution < 1.29 is 23.9 Å². The number of hydrogen-bond donors (Lipinski definition) is 2. The van der Waals surface area contributed by atoms with Gasteiger partial charge in [0, 0.05) is 24.8 Å². The minimum absolute atomic E-state index is 0.0167. The normalized spacial score (nSPS) is 21.9. The fourth-order valence-electron chi connectivity index (χ4n) is 4.44. The van der Waals surface area contributed by atoms with Gasteiger partial charge in [0.2, 0.25) is 5.91 Å². The van der Waals surface area contributed by atoms with E-state index in [0.29, 0.717) is 42.0 Å². The van der Waals surface area contributed by atoms with Crippen LogP contribution in [0.4, 0.5) is 5.69 Å². The summed E-state index contributed by atoms with van der Waals surface area (Å²) in [4.78, 5) is 39.7. The van der Waals surface area contributed by atoms with Crippen LogP contribution in [0.3, 0.4) is 0 Å². The molecule has 4 rings (SSSR count). The number of anilines is 1. The molecule has 2 aromatic carbocycles. The van der Waals surface area contributed by atoms with Crippen molar-refractivity contribution in [1.82, 2.24) is 10.2 Å². The van der Waals surface area contributed by atoms with Crippen LogP contribution >= 0.6 is 0 Å². The number of rotatable bonds is 6. The average Bonchev–Trinajstić information content (AvgIpc) is 2.85. The molecular formula is C26H31N3O5. The molecule has 2 aromatic rings. The Morgan fingerprint density at radius 2 is 1.91 bits per heavy atom. The number of fused-ring (bicyclic) bond motifs is 2. The van der Waals surface area contributed by atoms with E-state index < -0.39 is 0 Å². The summed E-state index contributed by atoms with van der Waals surface area (Å²) in [6.45, 7) is 2.94. The number of carbonyl (C=O) groups excluding carboxylic acids is 3. The third-order valence-corrected chi connectivity index (χ3v) is 6.29. The van der Waals surface area contributed by atoms with Gasteiger partial charge >= 0.3 is 0 Å². The van der Waals surface area contributed by atoms with E-state index in [1.165, 1.54) is 0 Å². The van der Waals surface area contributed by atoms with Gasteiger partial charge in [-0.15, -0.1) is 0 Å². The van der Waals surface area contributed by atoms with E-state index in [1.54, 1.807) is 54.4 Å². The molecule has 0 spiro atoms. The third-order valence-electron chi connectivity index (χ3n) is 6.29. The summed E-state index contributed by atoms with van der Waals surface area (Å²) >= 11 is 0. The van der Waals surface area contributed by atoms with Crippen LogP contribution in [0.25, 0.3) is 0 Å². The summed E-state index contributed by atoms with van der Waals surface area (Å²) in [6.07, 6.45) is 2.10. The predicted molar refractivity (Wildman–Crippen MR) is 128 cm³/mol. The number of benzene rings is 2. The first-order valence-electron chi connectivity index (χ1n) is 11.8. The van der Waals surface area contributed by atoms with Crippen molar-refractivity contribution in [2.24, 2.45) is 0 Å². The number of nitrogens with zero attached hydrogens (tertiary/aromatic N) is 1. The molecule has 0 unspecified atom stereocenters. The maximum Gasteiger partial charge on any atom is 0.257 e. The van der Waals surface area contributed by atoms with Crippen molar-refractivity contribution in [2.45, 2.75) is 50.9 Å². The molecule has 1 fully saturated rings. The lowest BCUT2D eigenvalue weighted by Gasteiger charge is -2.42. The van der Waals surface area contributed by atoms with Crippen LogP contribution in [-0.2, 0) is 9.53 Å². The van der Waals surface area contributed by atoms with Crippen molar-refractivity contribution in [3.63, 3.8) is 0 Å². The highest BCUT2D eigenvalue weighted by Crippen LogP contribution is 2.32. The molecule has 34 heavy (non-hydrogen) atoms. The molecule has 3 atom stereocenters. The Hall–Kier alpha value is -3.39. The molecule has 2 aliphatic heterocycles. The highest BCUT2D eigenvalue weighted by atomic mass is 16.5. The molecule has 0 saturated carbocycles. The monoisotopic (exact) mass is 465 g/mol. The van der Waals surface area contributed by atoms with Crippen LogP contribution < -0.4 is 15.4 Å². The number of amides is 3. The topological polar surface area (TPSA) is 97.0 Å². The molecule has 3 amide bonds. The zero-order valence-corrected chi connectivity index (χ0v) is 19.6. The van der Waals surface area contributed by atoms with Gasteiger partial charge in [-0.2, -0.15) is 0 Å². The van der Waals surface area contributed by atoms with E-state index in [0.717, 1.165) is 12.8 Å². The number of likely N-dealkylation sites (N-methyl/N-ethyl adjacent to an activating group) is 1. The molecule has 2 aliphatic rings. The molecule has 2 heterocycles. The van der Waals surface area contributed by atoms with Gasteiger partial charge in [0.15, 0.2) is 0 Å². The summed E-state index contributed by atoms with van der Waals surface area (Å²) < 4.78 is 12.2. The van der Waals surface area contributed by atoms with E-state index in [4.69, 9.17) is 9.47 Å². The molecule has 0 bridgehead atoms. The summed E-state index contributed by atoms with van der Waals surface area (Å²) in [6, 6.07) is 13.8. The van der Waals surface area contributed by atoms with E-state index >= 15 is 0 Å². The Morgan fingerprint density at radius 1 is 1.12 bits per heavy atom. The second kappa shape index (κ2) is 10.7. The summed E-state index contributed by atoms with van der Waals surface area (Å²) in [7, 11) is 1.77. The van der Waals surface area contributed by atoms with Crippen molar-refractivity contribution >= 4 is 23.4 Å². The largest absolute Gasteiger partial charge is 0.490 e. The fourth-order valence-corrected chi connectivity index (χ4v) is 4.44. The van der Waals surface area contributed by atoms with Gasteiger partial charge in [0.1, 0.15) is 18.5 Å². The summed E-state index contributed by atoms with van der Waals surface area (Å²) in [5.41, 5.74) is 1.45. The number of ether oxygens (including phenoxy) is 2. The van der Waals surface area contributed by atoms with Crippen molar-refractivity contribution in [2.75, 3.05) is 25.5 Å². The van der Waals surface area contributed by atoms with E-state index in [2.05, 4.69) is 10.6 Å². The van der Waals surface area contributed by atoms with Crippen LogP contribution in [0.1, 0.15) is 53.3 Å². The number of carbonyl (C=O) groups is 3. The lowest BCUT2D eigenvalue weighted by Crippen LogP contribution is -2.54. The van der Waals surface area contributed by atoms with Gasteiger partial charge in [0.25, 0.3) is 11.8 Å². The van der Waals surface area contributed by atoms with Crippen LogP contribution in [0.5, 0.6) is 5.75 Å². The molecule has 0 radical (unpaired) electrons. The minimum atomic E-state index is -0.322. The molecule has 0 aromatic heterocycles. The van der Waals surface area contributed by atoms with Crippen LogP contribution in [0, 0.1) is 0 Å². The third kappa shape index (κ3) is 5.39. The van der Waals surface area contributed by atoms with E-state index in [1.807, 2.05) is 13.0 Å². The predicted octanol–water partition coefficient (Wildman–Crippen LogP) is 3.24. The van der Waals surface area contributed by atoms with Gasteiger partial charge in [-0.1, -0.05) is 25.1 Å². The Morgan fingerprint density at radius 3 is 2.68 bits per heavy atom. The second-order valence-corrected chi connectivity index (χ2v) is 8.75.